The quantitative estimate of drug-likeness (QED) is 0.826. The third kappa shape index (κ3) is 4.20. The molecule has 0 spiro atoms. The lowest BCUT2D eigenvalue weighted by atomic mass is 10.0. The molecule has 0 radical (unpaired) electrons. The van der Waals surface area contributed by atoms with Gasteiger partial charge in [0.05, 0.1) is 0 Å². The molecule has 2 rings (SSSR count). The van der Waals surface area contributed by atoms with Gasteiger partial charge in [-0.05, 0) is 54.5 Å². The third-order valence-electron chi connectivity index (χ3n) is 4.17. The lowest BCUT2D eigenvalue weighted by molar-refractivity contribution is -0.116. The van der Waals surface area contributed by atoms with Crippen molar-refractivity contribution in [3.63, 3.8) is 0 Å². The summed E-state index contributed by atoms with van der Waals surface area (Å²) >= 11 is 0. The van der Waals surface area contributed by atoms with E-state index in [4.69, 9.17) is 0 Å². The summed E-state index contributed by atoms with van der Waals surface area (Å²) in [7, 11) is 0. The van der Waals surface area contributed by atoms with Crippen LogP contribution in [0.1, 0.15) is 48.4 Å². The molecule has 1 N–H and O–H groups in total. The van der Waals surface area contributed by atoms with Crippen molar-refractivity contribution in [3.05, 3.63) is 64.7 Å². The molecule has 2 nitrogen and oxygen atoms in total. The van der Waals surface area contributed by atoms with Crippen molar-refractivity contribution in [3.8, 4) is 0 Å². The van der Waals surface area contributed by atoms with Crippen LogP contribution in [0.5, 0.6) is 0 Å². The molecule has 1 amide bonds. The summed E-state index contributed by atoms with van der Waals surface area (Å²) < 4.78 is 0. The topological polar surface area (TPSA) is 29.1 Å². The van der Waals surface area contributed by atoms with Gasteiger partial charge in [-0.2, -0.15) is 0 Å². The van der Waals surface area contributed by atoms with Crippen LogP contribution in [0.15, 0.2) is 42.5 Å². The summed E-state index contributed by atoms with van der Waals surface area (Å²) in [5.41, 5.74) is 5.79. The molecule has 116 valence electrons. The van der Waals surface area contributed by atoms with Crippen LogP contribution in [0.4, 0.5) is 5.69 Å². The zero-order chi connectivity index (χ0) is 16.1. The van der Waals surface area contributed by atoms with Crippen molar-refractivity contribution in [1.82, 2.24) is 0 Å². The predicted octanol–water partition coefficient (Wildman–Crippen LogP) is 5.00. The summed E-state index contributed by atoms with van der Waals surface area (Å²) in [6.07, 6.45) is 1.28. The van der Waals surface area contributed by atoms with Gasteiger partial charge in [-0.25, -0.2) is 0 Å². The molecule has 2 aromatic rings. The number of anilines is 1. The fourth-order valence-corrected chi connectivity index (χ4v) is 2.43. The Morgan fingerprint density at radius 1 is 1.05 bits per heavy atom. The number of rotatable bonds is 5. The maximum Gasteiger partial charge on any atom is 0.224 e. The van der Waals surface area contributed by atoms with Crippen LogP contribution in [-0.4, -0.2) is 5.91 Å². The van der Waals surface area contributed by atoms with Crippen LogP contribution in [0.25, 0.3) is 0 Å². The maximum atomic E-state index is 12.1. The molecular formula is C20H25NO. The SMILES string of the molecule is Cc1cccc(NC(=O)CCc2ccc(C(C)C)cc2)c1C. The molecule has 22 heavy (non-hydrogen) atoms. The molecule has 0 bridgehead atoms. The molecule has 0 atom stereocenters. The number of carbonyl (C=O) groups excluding carboxylic acids is 1. The molecule has 0 unspecified atom stereocenters. The van der Waals surface area contributed by atoms with Crippen LogP contribution < -0.4 is 5.32 Å². The second kappa shape index (κ2) is 7.26. The van der Waals surface area contributed by atoms with Crippen LogP contribution in [0.2, 0.25) is 0 Å². The highest BCUT2D eigenvalue weighted by atomic mass is 16.1. The van der Waals surface area contributed by atoms with E-state index in [-0.39, 0.29) is 5.91 Å². The van der Waals surface area contributed by atoms with Gasteiger partial charge in [-0.15, -0.1) is 0 Å². The van der Waals surface area contributed by atoms with Crippen molar-refractivity contribution in [2.24, 2.45) is 0 Å². The van der Waals surface area contributed by atoms with E-state index in [9.17, 15) is 4.79 Å². The highest BCUT2D eigenvalue weighted by Crippen LogP contribution is 2.19. The maximum absolute atomic E-state index is 12.1. The van der Waals surface area contributed by atoms with Gasteiger partial charge in [-0.3, -0.25) is 4.79 Å². The summed E-state index contributed by atoms with van der Waals surface area (Å²) in [6.45, 7) is 8.47. The monoisotopic (exact) mass is 295 g/mol. The molecule has 0 heterocycles. The van der Waals surface area contributed by atoms with E-state index in [1.807, 2.05) is 19.1 Å². The first-order chi connectivity index (χ1) is 10.5. The Morgan fingerprint density at radius 3 is 2.36 bits per heavy atom. The van der Waals surface area contributed by atoms with Gasteiger partial charge in [0, 0.05) is 12.1 Å². The normalized spacial score (nSPS) is 10.8. The van der Waals surface area contributed by atoms with E-state index in [1.54, 1.807) is 0 Å². The zero-order valence-corrected chi connectivity index (χ0v) is 13.9. The minimum atomic E-state index is 0.0710. The van der Waals surface area contributed by atoms with Gasteiger partial charge in [0.1, 0.15) is 0 Å². The average molecular weight is 295 g/mol. The number of nitrogens with one attached hydrogen (secondary N) is 1. The van der Waals surface area contributed by atoms with E-state index in [1.165, 1.54) is 16.7 Å². The summed E-state index contributed by atoms with van der Waals surface area (Å²) in [5, 5.41) is 3.01. The molecule has 0 aliphatic heterocycles. The van der Waals surface area contributed by atoms with Crippen molar-refractivity contribution in [2.75, 3.05) is 5.32 Å². The molecule has 0 saturated carbocycles. The van der Waals surface area contributed by atoms with Crippen LogP contribution in [-0.2, 0) is 11.2 Å². The standard InChI is InChI=1S/C20H25NO/c1-14(2)18-11-8-17(9-12-18)10-13-20(22)21-19-7-5-6-15(3)16(19)4/h5-9,11-12,14H,10,13H2,1-4H3,(H,21,22). The molecule has 2 heteroatoms. The lowest BCUT2D eigenvalue weighted by Crippen LogP contribution is -2.13. The Balaban J connectivity index is 1.91. The van der Waals surface area contributed by atoms with Crippen LogP contribution >= 0.6 is 0 Å². The Kier molecular flexibility index (Phi) is 5.37. The first-order valence-corrected chi connectivity index (χ1v) is 7.92. The number of aryl methyl sites for hydroxylation is 2. The lowest BCUT2D eigenvalue weighted by Gasteiger charge is -2.10. The number of hydrogen-bond acceptors (Lipinski definition) is 1. The van der Waals surface area contributed by atoms with Crippen molar-refractivity contribution < 1.29 is 4.79 Å². The van der Waals surface area contributed by atoms with Crippen LogP contribution in [0.3, 0.4) is 0 Å². The fraction of sp³-hybridized carbons (Fsp3) is 0.350. The van der Waals surface area contributed by atoms with Gasteiger partial charge >= 0.3 is 0 Å². The molecule has 0 fully saturated rings. The van der Waals surface area contributed by atoms with Gasteiger partial charge in [0.25, 0.3) is 0 Å². The Hall–Kier alpha value is -2.09. The molecular weight excluding hydrogens is 270 g/mol. The third-order valence-corrected chi connectivity index (χ3v) is 4.17. The van der Waals surface area contributed by atoms with Crippen LogP contribution in [0, 0.1) is 13.8 Å². The summed E-state index contributed by atoms with van der Waals surface area (Å²) in [4.78, 5) is 12.1. The number of hydrogen-bond donors (Lipinski definition) is 1. The van der Waals surface area contributed by atoms with Gasteiger partial charge in [-0.1, -0.05) is 50.2 Å². The molecule has 0 aliphatic carbocycles. The highest BCUT2D eigenvalue weighted by molar-refractivity contribution is 5.91. The van der Waals surface area contributed by atoms with Gasteiger partial charge in [0.2, 0.25) is 5.91 Å². The van der Waals surface area contributed by atoms with E-state index in [0.29, 0.717) is 12.3 Å². The highest BCUT2D eigenvalue weighted by Gasteiger charge is 2.07. The van der Waals surface area contributed by atoms with Gasteiger partial charge < -0.3 is 5.32 Å². The second-order valence-electron chi connectivity index (χ2n) is 6.19. The number of benzene rings is 2. The summed E-state index contributed by atoms with van der Waals surface area (Å²) in [6, 6.07) is 14.5. The molecule has 0 aromatic heterocycles. The molecule has 0 saturated heterocycles. The Morgan fingerprint density at radius 2 is 1.73 bits per heavy atom. The minimum absolute atomic E-state index is 0.0710. The largest absolute Gasteiger partial charge is 0.326 e. The van der Waals surface area contributed by atoms with E-state index < -0.39 is 0 Å². The Labute approximate surface area is 133 Å². The van der Waals surface area contributed by atoms with E-state index >= 15 is 0 Å². The zero-order valence-electron chi connectivity index (χ0n) is 13.9. The predicted molar refractivity (Wildman–Crippen MR) is 93.4 cm³/mol. The van der Waals surface area contributed by atoms with Gasteiger partial charge in [0.15, 0.2) is 0 Å². The molecule has 2 aromatic carbocycles. The number of amides is 1. The second-order valence-corrected chi connectivity index (χ2v) is 6.19. The first kappa shape index (κ1) is 16.3. The Bertz CT molecular complexity index is 641. The van der Waals surface area contributed by atoms with Crippen molar-refractivity contribution >= 4 is 11.6 Å². The smallest absolute Gasteiger partial charge is 0.224 e. The number of carbonyl (C=O) groups is 1. The minimum Gasteiger partial charge on any atom is -0.326 e. The first-order valence-electron chi connectivity index (χ1n) is 7.92. The van der Waals surface area contributed by atoms with Crippen molar-refractivity contribution in [1.29, 1.82) is 0 Å². The fourth-order valence-electron chi connectivity index (χ4n) is 2.43. The molecule has 0 aliphatic rings. The average Bonchev–Trinajstić information content (AvgIpc) is 2.50. The summed E-state index contributed by atoms with van der Waals surface area (Å²) in [5.74, 6) is 0.614. The van der Waals surface area contributed by atoms with Crippen molar-refractivity contribution in [2.45, 2.75) is 46.5 Å². The van der Waals surface area contributed by atoms with E-state index in [2.05, 4.69) is 56.4 Å². The van der Waals surface area contributed by atoms with E-state index in [0.717, 1.165) is 17.7 Å².